The maximum atomic E-state index is 11.1. The predicted octanol–water partition coefficient (Wildman–Crippen LogP) is 2.70. The van der Waals surface area contributed by atoms with E-state index in [1.54, 1.807) is 24.3 Å². The number of anilines is 1. The summed E-state index contributed by atoms with van der Waals surface area (Å²) in [6.45, 7) is 3.95. The summed E-state index contributed by atoms with van der Waals surface area (Å²) >= 11 is 0. The Morgan fingerprint density at radius 1 is 1.12 bits per heavy atom. The normalized spacial score (nSPS) is 12.0. The zero-order chi connectivity index (χ0) is 19.3. The van der Waals surface area contributed by atoms with Crippen LogP contribution in [0.2, 0.25) is 0 Å². The molecule has 26 heavy (non-hydrogen) atoms. The van der Waals surface area contributed by atoms with Gasteiger partial charge in [-0.05, 0) is 30.7 Å². The van der Waals surface area contributed by atoms with E-state index in [9.17, 15) is 8.42 Å². The molecule has 1 aromatic rings. The van der Waals surface area contributed by atoms with Crippen molar-refractivity contribution in [3.8, 4) is 5.75 Å². The van der Waals surface area contributed by atoms with Gasteiger partial charge in [0.25, 0.3) is 0 Å². The molecule has 0 spiro atoms. The van der Waals surface area contributed by atoms with Gasteiger partial charge in [-0.2, -0.15) is 0 Å². The lowest BCUT2D eigenvalue weighted by Crippen LogP contribution is -2.34. The van der Waals surface area contributed by atoms with Crippen LogP contribution in [0.1, 0.15) is 45.4 Å². The lowest BCUT2D eigenvalue weighted by Gasteiger charge is -2.09. The van der Waals surface area contributed by atoms with Crippen LogP contribution in [0.3, 0.4) is 0 Å². The summed E-state index contributed by atoms with van der Waals surface area (Å²) in [6.07, 6.45) is 8.52. The molecule has 0 amide bonds. The Kier molecular flexibility index (Phi) is 10.5. The molecule has 0 saturated carbocycles. The number of sulfonamides is 1. The molecule has 0 unspecified atom stereocenters. The average molecular weight is 385 g/mol. The highest BCUT2D eigenvalue weighted by atomic mass is 32.2. The Bertz CT molecular complexity index is 630. The van der Waals surface area contributed by atoms with Crippen molar-refractivity contribution < 1.29 is 13.2 Å². The first-order chi connectivity index (χ1) is 12.4. The van der Waals surface area contributed by atoms with Crippen molar-refractivity contribution in [3.63, 3.8) is 0 Å². The van der Waals surface area contributed by atoms with Gasteiger partial charge in [-0.25, -0.2) is 8.42 Å². The first kappa shape index (κ1) is 22.1. The first-order valence-electron chi connectivity index (χ1n) is 9.15. The third-order valence-electron chi connectivity index (χ3n) is 3.63. The molecule has 0 aromatic heterocycles. The summed E-state index contributed by atoms with van der Waals surface area (Å²) in [5.41, 5.74) is 6.32. The van der Waals surface area contributed by atoms with Crippen molar-refractivity contribution in [2.24, 2.45) is 10.7 Å². The highest BCUT2D eigenvalue weighted by Crippen LogP contribution is 2.16. The van der Waals surface area contributed by atoms with E-state index in [0.29, 0.717) is 30.5 Å². The average Bonchev–Trinajstić information content (AvgIpc) is 2.58. The molecule has 1 rings (SSSR count). The standard InChI is InChI=1S/C18H32N4O3S/c1-3-4-5-6-7-8-13-20-18(19)21-14-15-25-17-11-9-16(10-12-17)22-26(2,23)24/h9-12,22H,3-8,13-15H2,1-2H3,(H3,19,20,21). The second-order valence-corrected chi connectivity index (χ2v) is 7.96. The van der Waals surface area contributed by atoms with Crippen LogP contribution in [-0.4, -0.2) is 40.3 Å². The lowest BCUT2D eigenvalue weighted by molar-refractivity contribution is 0.322. The van der Waals surface area contributed by atoms with Gasteiger partial charge in [-0.3, -0.25) is 9.71 Å². The second-order valence-electron chi connectivity index (χ2n) is 6.21. The van der Waals surface area contributed by atoms with Gasteiger partial charge < -0.3 is 15.8 Å². The van der Waals surface area contributed by atoms with Gasteiger partial charge in [0.15, 0.2) is 5.96 Å². The number of aliphatic imine (C=N–C) groups is 1. The van der Waals surface area contributed by atoms with Gasteiger partial charge in [-0.15, -0.1) is 0 Å². The van der Waals surface area contributed by atoms with Crippen LogP contribution in [0.15, 0.2) is 29.3 Å². The largest absolute Gasteiger partial charge is 0.492 e. The molecular formula is C18H32N4O3S. The van der Waals surface area contributed by atoms with Gasteiger partial charge in [0.05, 0.1) is 12.8 Å². The highest BCUT2D eigenvalue weighted by Gasteiger charge is 2.02. The molecule has 0 aliphatic carbocycles. The summed E-state index contributed by atoms with van der Waals surface area (Å²) in [5.74, 6) is 1.10. The molecule has 4 N–H and O–H groups in total. The first-order valence-corrected chi connectivity index (χ1v) is 11.0. The Morgan fingerprint density at radius 2 is 1.77 bits per heavy atom. The molecule has 7 nitrogen and oxygen atoms in total. The Labute approximate surface area is 157 Å². The fraction of sp³-hybridized carbons (Fsp3) is 0.611. The molecule has 0 radical (unpaired) electrons. The monoisotopic (exact) mass is 384 g/mol. The Balaban J connectivity index is 2.14. The number of benzene rings is 1. The minimum atomic E-state index is -3.26. The lowest BCUT2D eigenvalue weighted by atomic mass is 10.1. The minimum absolute atomic E-state index is 0.437. The second kappa shape index (κ2) is 12.4. The van der Waals surface area contributed by atoms with Crippen LogP contribution < -0.4 is 20.5 Å². The van der Waals surface area contributed by atoms with E-state index in [1.807, 2.05) is 0 Å². The van der Waals surface area contributed by atoms with Gasteiger partial charge in [0.2, 0.25) is 10.0 Å². The third kappa shape index (κ3) is 11.6. The zero-order valence-electron chi connectivity index (χ0n) is 15.8. The SMILES string of the molecule is CCCCCCCCN=C(N)NCCOc1ccc(NS(C)(=O)=O)cc1. The topological polar surface area (TPSA) is 106 Å². The fourth-order valence-corrected chi connectivity index (χ4v) is 2.89. The van der Waals surface area contributed by atoms with E-state index in [1.165, 1.54) is 32.1 Å². The number of nitrogens with one attached hydrogen (secondary N) is 2. The highest BCUT2D eigenvalue weighted by molar-refractivity contribution is 7.92. The summed E-state index contributed by atoms with van der Waals surface area (Å²) in [4.78, 5) is 4.29. The molecule has 1 aromatic carbocycles. The van der Waals surface area contributed by atoms with Crippen LogP contribution in [0.4, 0.5) is 5.69 Å². The third-order valence-corrected chi connectivity index (χ3v) is 4.23. The summed E-state index contributed by atoms with van der Waals surface area (Å²) in [5, 5.41) is 3.02. The zero-order valence-corrected chi connectivity index (χ0v) is 16.6. The Morgan fingerprint density at radius 3 is 2.42 bits per heavy atom. The van der Waals surface area contributed by atoms with Crippen molar-refractivity contribution in [1.29, 1.82) is 0 Å². The molecular weight excluding hydrogens is 352 g/mol. The molecule has 0 aliphatic heterocycles. The maximum absolute atomic E-state index is 11.1. The van der Waals surface area contributed by atoms with Crippen molar-refractivity contribution >= 4 is 21.7 Å². The quantitative estimate of drug-likeness (QED) is 0.275. The van der Waals surface area contributed by atoms with Gasteiger partial charge in [0, 0.05) is 12.2 Å². The molecule has 0 heterocycles. The minimum Gasteiger partial charge on any atom is -0.492 e. The molecule has 0 saturated heterocycles. The van der Waals surface area contributed by atoms with E-state index in [2.05, 4.69) is 22.0 Å². The van der Waals surface area contributed by atoms with Crippen LogP contribution in [0, 0.1) is 0 Å². The number of nitrogens with zero attached hydrogens (tertiary/aromatic N) is 1. The molecule has 0 fully saturated rings. The number of ether oxygens (including phenoxy) is 1. The molecule has 148 valence electrons. The van der Waals surface area contributed by atoms with Crippen LogP contribution in [0.25, 0.3) is 0 Å². The van der Waals surface area contributed by atoms with E-state index in [4.69, 9.17) is 10.5 Å². The number of unbranched alkanes of at least 4 members (excludes halogenated alkanes) is 5. The Hall–Kier alpha value is -1.96. The van der Waals surface area contributed by atoms with Crippen LogP contribution in [-0.2, 0) is 10.0 Å². The predicted molar refractivity (Wildman–Crippen MR) is 108 cm³/mol. The van der Waals surface area contributed by atoms with Crippen molar-refractivity contribution in [3.05, 3.63) is 24.3 Å². The molecule has 0 aliphatic rings. The van der Waals surface area contributed by atoms with Crippen molar-refractivity contribution in [1.82, 2.24) is 5.32 Å². The van der Waals surface area contributed by atoms with Crippen LogP contribution >= 0.6 is 0 Å². The summed E-state index contributed by atoms with van der Waals surface area (Å²) in [7, 11) is -3.26. The van der Waals surface area contributed by atoms with Crippen molar-refractivity contribution in [2.45, 2.75) is 45.4 Å². The van der Waals surface area contributed by atoms with Gasteiger partial charge in [0.1, 0.15) is 12.4 Å². The number of hydrogen-bond donors (Lipinski definition) is 3. The van der Waals surface area contributed by atoms with E-state index < -0.39 is 10.0 Å². The number of nitrogens with two attached hydrogens (primary N) is 1. The molecule has 0 bridgehead atoms. The fourth-order valence-electron chi connectivity index (χ4n) is 2.33. The van der Waals surface area contributed by atoms with E-state index in [0.717, 1.165) is 19.2 Å². The van der Waals surface area contributed by atoms with Crippen molar-refractivity contribution in [2.75, 3.05) is 30.7 Å². The van der Waals surface area contributed by atoms with E-state index in [-0.39, 0.29) is 0 Å². The molecule has 0 atom stereocenters. The number of rotatable bonds is 13. The number of hydrogen-bond acceptors (Lipinski definition) is 4. The van der Waals surface area contributed by atoms with Crippen LogP contribution in [0.5, 0.6) is 5.75 Å². The summed E-state index contributed by atoms with van der Waals surface area (Å²) < 4.78 is 30.3. The van der Waals surface area contributed by atoms with Gasteiger partial charge in [-0.1, -0.05) is 39.0 Å². The van der Waals surface area contributed by atoms with Gasteiger partial charge >= 0.3 is 0 Å². The van der Waals surface area contributed by atoms with E-state index >= 15 is 0 Å². The smallest absolute Gasteiger partial charge is 0.229 e. The number of guanidine groups is 1. The summed E-state index contributed by atoms with van der Waals surface area (Å²) in [6, 6.07) is 6.73. The molecule has 8 heteroatoms. The maximum Gasteiger partial charge on any atom is 0.229 e.